The van der Waals surface area contributed by atoms with E-state index < -0.39 is 7.75 Å². The Labute approximate surface area is 92.7 Å². The molecular formula is C7H15INO3P. The number of hydrogen-bond donors (Lipinski definition) is 0. The van der Waals surface area contributed by atoms with Gasteiger partial charge in [-0.15, -0.1) is 0 Å². The maximum absolute atomic E-state index is 12.0. The second-order valence-electron chi connectivity index (χ2n) is 2.78. The van der Waals surface area contributed by atoms with Gasteiger partial charge in [0.15, 0.2) is 0 Å². The van der Waals surface area contributed by atoms with Crippen molar-refractivity contribution < 1.29 is 13.6 Å². The first-order valence-corrected chi connectivity index (χ1v) is 7.42. The van der Waals surface area contributed by atoms with Crippen LogP contribution < -0.4 is 0 Å². The summed E-state index contributed by atoms with van der Waals surface area (Å²) in [6, 6.07) is 0. The smallest absolute Gasteiger partial charge is 0.294 e. The zero-order chi connectivity index (χ0) is 9.90. The van der Waals surface area contributed by atoms with Gasteiger partial charge >= 0.3 is 7.75 Å². The SMILES string of the molecule is CCN(CC)P1(=O)OCC(CI)O1. The van der Waals surface area contributed by atoms with Crippen molar-refractivity contribution in [3.8, 4) is 0 Å². The van der Waals surface area contributed by atoms with Crippen molar-refractivity contribution in [1.29, 1.82) is 0 Å². The van der Waals surface area contributed by atoms with Crippen LogP contribution in [0.15, 0.2) is 0 Å². The van der Waals surface area contributed by atoms with Gasteiger partial charge in [-0.3, -0.25) is 9.05 Å². The minimum atomic E-state index is -2.92. The summed E-state index contributed by atoms with van der Waals surface area (Å²) in [5.74, 6) is 0. The van der Waals surface area contributed by atoms with Gasteiger partial charge in [-0.1, -0.05) is 36.4 Å². The van der Waals surface area contributed by atoms with Crippen LogP contribution in [-0.4, -0.2) is 34.9 Å². The van der Waals surface area contributed by atoms with Crippen LogP contribution in [0.25, 0.3) is 0 Å². The lowest BCUT2D eigenvalue weighted by atomic mass is 10.5. The number of hydrogen-bond acceptors (Lipinski definition) is 3. The molecule has 1 fully saturated rings. The Kier molecular flexibility index (Phi) is 4.65. The molecule has 0 amide bonds. The lowest BCUT2D eigenvalue weighted by molar-refractivity contribution is 0.240. The van der Waals surface area contributed by atoms with Crippen LogP contribution in [0.1, 0.15) is 13.8 Å². The Balaban J connectivity index is 2.62. The lowest BCUT2D eigenvalue weighted by Gasteiger charge is -2.23. The largest absolute Gasteiger partial charge is 0.408 e. The summed E-state index contributed by atoms with van der Waals surface area (Å²) in [6.07, 6.45) is -0.00738. The summed E-state index contributed by atoms with van der Waals surface area (Å²) in [5, 5.41) is 0. The number of alkyl halides is 1. The summed E-state index contributed by atoms with van der Waals surface area (Å²) in [4.78, 5) is 0. The first kappa shape index (κ1) is 11.9. The molecule has 78 valence electrons. The van der Waals surface area contributed by atoms with Gasteiger partial charge < -0.3 is 0 Å². The number of rotatable bonds is 4. The number of nitrogens with zero attached hydrogens (tertiary/aromatic N) is 1. The molecule has 0 bridgehead atoms. The van der Waals surface area contributed by atoms with E-state index in [2.05, 4.69) is 22.6 Å². The second kappa shape index (κ2) is 5.07. The van der Waals surface area contributed by atoms with Crippen LogP contribution in [0.5, 0.6) is 0 Å². The molecule has 13 heavy (non-hydrogen) atoms. The van der Waals surface area contributed by atoms with Gasteiger partial charge in [-0.2, -0.15) is 0 Å². The average Bonchev–Trinajstić information content (AvgIpc) is 2.50. The van der Waals surface area contributed by atoms with Gasteiger partial charge in [0.2, 0.25) is 0 Å². The summed E-state index contributed by atoms with van der Waals surface area (Å²) >= 11 is 2.21. The van der Waals surface area contributed by atoms with Crippen molar-refractivity contribution >= 4 is 30.3 Å². The Morgan fingerprint density at radius 2 is 2.15 bits per heavy atom. The maximum atomic E-state index is 12.0. The molecule has 0 spiro atoms. The third-order valence-corrected chi connectivity index (χ3v) is 5.24. The molecule has 1 rings (SSSR count). The monoisotopic (exact) mass is 319 g/mol. The van der Waals surface area contributed by atoms with Crippen molar-refractivity contribution in [1.82, 2.24) is 4.67 Å². The fourth-order valence-corrected chi connectivity index (χ4v) is 3.85. The molecule has 6 heteroatoms. The number of halogens is 1. The molecule has 0 aliphatic carbocycles. The van der Waals surface area contributed by atoms with Crippen molar-refractivity contribution in [3.63, 3.8) is 0 Å². The molecule has 0 N–H and O–H groups in total. The molecule has 1 aliphatic heterocycles. The van der Waals surface area contributed by atoms with E-state index in [1.807, 2.05) is 13.8 Å². The summed E-state index contributed by atoms with van der Waals surface area (Å²) in [6.45, 7) is 5.75. The van der Waals surface area contributed by atoms with E-state index in [1.165, 1.54) is 0 Å². The van der Waals surface area contributed by atoms with Gasteiger partial charge in [-0.05, 0) is 0 Å². The highest BCUT2D eigenvalue weighted by Gasteiger charge is 2.40. The van der Waals surface area contributed by atoms with Crippen LogP contribution in [0, 0.1) is 0 Å². The van der Waals surface area contributed by atoms with E-state index in [0.717, 1.165) is 4.43 Å². The standard InChI is InChI=1S/C7H15INO3P/c1-3-9(4-2)13(10)11-6-7(5-8)12-13/h7H,3-6H2,1-2H3. The van der Waals surface area contributed by atoms with Gasteiger partial charge in [0, 0.05) is 17.5 Å². The topological polar surface area (TPSA) is 38.8 Å². The molecule has 0 aromatic carbocycles. The van der Waals surface area contributed by atoms with E-state index >= 15 is 0 Å². The predicted molar refractivity (Wildman–Crippen MR) is 60.2 cm³/mol. The highest BCUT2D eigenvalue weighted by molar-refractivity contribution is 14.1. The van der Waals surface area contributed by atoms with E-state index in [1.54, 1.807) is 4.67 Å². The molecule has 1 saturated heterocycles. The third kappa shape index (κ3) is 2.65. The first-order valence-electron chi connectivity index (χ1n) is 4.40. The first-order chi connectivity index (χ1) is 6.16. The van der Waals surface area contributed by atoms with Crippen molar-refractivity contribution in [2.45, 2.75) is 20.0 Å². The quantitative estimate of drug-likeness (QED) is 0.453. The van der Waals surface area contributed by atoms with Crippen LogP contribution in [-0.2, 0) is 13.6 Å². The molecule has 4 nitrogen and oxygen atoms in total. The highest BCUT2D eigenvalue weighted by atomic mass is 127. The Bertz CT molecular complexity index is 210. The molecule has 1 heterocycles. The minimum absolute atomic E-state index is 0.00738. The predicted octanol–water partition coefficient (Wildman–Crippen LogP) is 2.29. The van der Waals surface area contributed by atoms with Crippen LogP contribution >= 0.6 is 30.3 Å². The van der Waals surface area contributed by atoms with E-state index in [0.29, 0.717) is 19.7 Å². The Morgan fingerprint density at radius 1 is 1.54 bits per heavy atom. The lowest BCUT2D eigenvalue weighted by Crippen LogP contribution is -2.20. The minimum Gasteiger partial charge on any atom is -0.294 e. The van der Waals surface area contributed by atoms with E-state index in [9.17, 15) is 4.57 Å². The summed E-state index contributed by atoms with van der Waals surface area (Å²) in [5.41, 5.74) is 0. The normalized spacial score (nSPS) is 34.3. The molecule has 2 unspecified atom stereocenters. The third-order valence-electron chi connectivity index (χ3n) is 1.95. The van der Waals surface area contributed by atoms with E-state index in [-0.39, 0.29) is 6.10 Å². The molecular weight excluding hydrogens is 304 g/mol. The van der Waals surface area contributed by atoms with Crippen molar-refractivity contribution in [3.05, 3.63) is 0 Å². The average molecular weight is 319 g/mol. The van der Waals surface area contributed by atoms with Gasteiger partial charge in [0.05, 0.1) is 6.61 Å². The van der Waals surface area contributed by atoms with Gasteiger partial charge in [0.25, 0.3) is 0 Å². The fourth-order valence-electron chi connectivity index (χ4n) is 1.22. The van der Waals surface area contributed by atoms with E-state index in [4.69, 9.17) is 9.05 Å². The molecule has 2 atom stereocenters. The second-order valence-corrected chi connectivity index (χ2v) is 5.64. The van der Waals surface area contributed by atoms with Crippen molar-refractivity contribution in [2.75, 3.05) is 24.1 Å². The Hall–Kier alpha value is 0.840. The molecule has 0 saturated carbocycles. The van der Waals surface area contributed by atoms with Crippen LogP contribution in [0.3, 0.4) is 0 Å². The summed E-state index contributed by atoms with van der Waals surface area (Å²) in [7, 11) is -2.92. The molecule has 0 aromatic rings. The van der Waals surface area contributed by atoms with Gasteiger partial charge in [-0.25, -0.2) is 9.24 Å². The van der Waals surface area contributed by atoms with Crippen LogP contribution in [0.4, 0.5) is 0 Å². The Morgan fingerprint density at radius 3 is 2.54 bits per heavy atom. The zero-order valence-electron chi connectivity index (χ0n) is 7.90. The molecule has 0 aromatic heterocycles. The zero-order valence-corrected chi connectivity index (χ0v) is 11.0. The summed E-state index contributed by atoms with van der Waals surface area (Å²) < 4.78 is 25.2. The van der Waals surface area contributed by atoms with Gasteiger partial charge in [0.1, 0.15) is 6.10 Å². The fraction of sp³-hybridized carbons (Fsp3) is 1.00. The van der Waals surface area contributed by atoms with Crippen molar-refractivity contribution in [2.24, 2.45) is 0 Å². The molecule has 1 aliphatic rings. The molecule has 0 radical (unpaired) electrons. The highest BCUT2D eigenvalue weighted by Crippen LogP contribution is 2.56. The van der Waals surface area contributed by atoms with Crippen LogP contribution in [0.2, 0.25) is 0 Å². The maximum Gasteiger partial charge on any atom is 0.408 e.